The van der Waals surface area contributed by atoms with Gasteiger partial charge in [0.1, 0.15) is 5.82 Å². The molecule has 0 radical (unpaired) electrons. The molecule has 3 rings (SSSR count). The SMILES string of the molecule is COc1ccc(CCNc2ccc3nnc(CCNS(C)(=O)=O)n3n2)cc1OC. The largest absolute Gasteiger partial charge is 0.493 e. The highest BCUT2D eigenvalue weighted by Gasteiger charge is 2.09. The molecule has 156 valence electrons. The van der Waals surface area contributed by atoms with E-state index in [1.807, 2.05) is 30.3 Å². The van der Waals surface area contributed by atoms with Crippen LogP contribution < -0.4 is 19.5 Å². The summed E-state index contributed by atoms with van der Waals surface area (Å²) in [6.45, 7) is 0.902. The fourth-order valence-electron chi connectivity index (χ4n) is 2.80. The van der Waals surface area contributed by atoms with Crippen LogP contribution in [0.1, 0.15) is 11.4 Å². The summed E-state index contributed by atoms with van der Waals surface area (Å²) in [5, 5.41) is 15.9. The topological polar surface area (TPSA) is 120 Å². The van der Waals surface area contributed by atoms with E-state index in [0.29, 0.717) is 41.8 Å². The van der Waals surface area contributed by atoms with Crippen LogP contribution in [-0.2, 0) is 22.9 Å². The number of hydrogen-bond acceptors (Lipinski definition) is 8. The van der Waals surface area contributed by atoms with Gasteiger partial charge in [-0.25, -0.2) is 13.1 Å². The first kappa shape index (κ1) is 20.8. The standard InChI is InChI=1S/C18H24N6O4S/c1-27-14-5-4-13(12-15(14)28-2)8-10-19-16-6-7-17-21-22-18(24(17)23-16)9-11-20-29(3,25)26/h4-7,12,20H,8-11H2,1-3H3,(H,19,23). The third-order valence-electron chi connectivity index (χ3n) is 4.21. The lowest BCUT2D eigenvalue weighted by molar-refractivity contribution is 0.354. The predicted octanol–water partition coefficient (Wildman–Crippen LogP) is 0.888. The Kier molecular flexibility index (Phi) is 6.49. The third kappa shape index (κ3) is 5.55. The maximum atomic E-state index is 11.2. The van der Waals surface area contributed by atoms with Gasteiger partial charge in [-0.05, 0) is 36.2 Å². The average molecular weight is 420 g/mol. The molecule has 3 aromatic rings. The zero-order chi connectivity index (χ0) is 20.9. The van der Waals surface area contributed by atoms with Crippen molar-refractivity contribution in [2.75, 3.05) is 38.9 Å². The van der Waals surface area contributed by atoms with Gasteiger partial charge in [-0.15, -0.1) is 15.3 Å². The van der Waals surface area contributed by atoms with Crippen LogP contribution in [0.15, 0.2) is 30.3 Å². The van der Waals surface area contributed by atoms with Gasteiger partial charge in [-0.1, -0.05) is 6.07 Å². The molecule has 0 bridgehead atoms. The van der Waals surface area contributed by atoms with Gasteiger partial charge in [0.15, 0.2) is 23.0 Å². The summed E-state index contributed by atoms with van der Waals surface area (Å²) >= 11 is 0. The van der Waals surface area contributed by atoms with Gasteiger partial charge in [-0.3, -0.25) is 0 Å². The van der Waals surface area contributed by atoms with Crippen molar-refractivity contribution < 1.29 is 17.9 Å². The Morgan fingerprint density at radius 3 is 2.52 bits per heavy atom. The van der Waals surface area contributed by atoms with E-state index in [1.54, 1.807) is 18.7 Å². The molecule has 0 atom stereocenters. The van der Waals surface area contributed by atoms with Crippen molar-refractivity contribution in [3.8, 4) is 11.5 Å². The molecule has 2 heterocycles. The molecule has 0 unspecified atom stereocenters. The van der Waals surface area contributed by atoms with E-state index >= 15 is 0 Å². The lowest BCUT2D eigenvalue weighted by atomic mass is 10.1. The number of benzene rings is 1. The minimum absolute atomic E-state index is 0.234. The van der Waals surface area contributed by atoms with Crippen molar-refractivity contribution in [3.63, 3.8) is 0 Å². The maximum Gasteiger partial charge on any atom is 0.208 e. The summed E-state index contributed by atoms with van der Waals surface area (Å²) in [6.07, 6.45) is 2.28. The monoisotopic (exact) mass is 420 g/mol. The van der Waals surface area contributed by atoms with Crippen molar-refractivity contribution in [2.45, 2.75) is 12.8 Å². The molecule has 0 aliphatic carbocycles. The lowest BCUT2D eigenvalue weighted by Gasteiger charge is -2.10. The van der Waals surface area contributed by atoms with Gasteiger partial charge in [-0.2, -0.15) is 4.52 Å². The van der Waals surface area contributed by atoms with Crippen molar-refractivity contribution in [3.05, 3.63) is 41.7 Å². The molecule has 0 saturated carbocycles. The van der Waals surface area contributed by atoms with Crippen LogP contribution in [0.5, 0.6) is 11.5 Å². The number of hydrogen-bond donors (Lipinski definition) is 2. The summed E-state index contributed by atoms with van der Waals surface area (Å²) in [4.78, 5) is 0. The summed E-state index contributed by atoms with van der Waals surface area (Å²) in [6, 6.07) is 9.46. The molecule has 11 heteroatoms. The number of aromatic nitrogens is 4. The molecule has 29 heavy (non-hydrogen) atoms. The molecule has 0 saturated heterocycles. The number of fused-ring (bicyclic) bond motifs is 1. The number of rotatable bonds is 10. The molecule has 2 aromatic heterocycles. The second-order valence-corrected chi connectivity index (χ2v) is 8.22. The molecular formula is C18H24N6O4S. The normalized spacial score (nSPS) is 11.6. The molecule has 0 amide bonds. The van der Waals surface area contributed by atoms with Crippen molar-refractivity contribution in [2.24, 2.45) is 0 Å². The lowest BCUT2D eigenvalue weighted by Crippen LogP contribution is -2.25. The first-order valence-electron chi connectivity index (χ1n) is 9.00. The Labute approximate surface area is 169 Å². The van der Waals surface area contributed by atoms with E-state index in [-0.39, 0.29) is 6.54 Å². The van der Waals surface area contributed by atoms with E-state index in [1.165, 1.54) is 0 Å². The van der Waals surface area contributed by atoms with Gasteiger partial charge < -0.3 is 14.8 Å². The van der Waals surface area contributed by atoms with Gasteiger partial charge in [0.2, 0.25) is 10.0 Å². The Bertz CT molecular complexity index is 1080. The molecule has 0 spiro atoms. The number of methoxy groups -OCH3 is 2. The highest BCUT2D eigenvalue weighted by molar-refractivity contribution is 7.88. The van der Waals surface area contributed by atoms with Crippen LogP contribution in [0.4, 0.5) is 5.82 Å². The Morgan fingerprint density at radius 1 is 1.00 bits per heavy atom. The van der Waals surface area contributed by atoms with E-state index in [0.717, 1.165) is 18.2 Å². The first-order chi connectivity index (χ1) is 13.9. The quantitative estimate of drug-likeness (QED) is 0.496. The Morgan fingerprint density at radius 2 is 1.79 bits per heavy atom. The van der Waals surface area contributed by atoms with Gasteiger partial charge in [0.05, 0.1) is 20.5 Å². The molecule has 0 aliphatic rings. The highest BCUT2D eigenvalue weighted by atomic mass is 32.2. The van der Waals surface area contributed by atoms with Crippen LogP contribution in [0.2, 0.25) is 0 Å². The zero-order valence-electron chi connectivity index (χ0n) is 16.5. The third-order valence-corrected chi connectivity index (χ3v) is 4.94. The van der Waals surface area contributed by atoms with Crippen molar-refractivity contribution in [1.82, 2.24) is 24.5 Å². The molecule has 10 nitrogen and oxygen atoms in total. The number of sulfonamides is 1. The van der Waals surface area contributed by atoms with Crippen molar-refractivity contribution in [1.29, 1.82) is 0 Å². The summed E-state index contributed by atoms with van der Waals surface area (Å²) in [5.74, 6) is 2.65. The number of nitrogens with zero attached hydrogens (tertiary/aromatic N) is 4. The summed E-state index contributed by atoms with van der Waals surface area (Å²) in [7, 11) is -0.0229. The first-order valence-corrected chi connectivity index (χ1v) is 10.9. The van der Waals surface area contributed by atoms with E-state index in [9.17, 15) is 8.42 Å². The van der Waals surface area contributed by atoms with Gasteiger partial charge in [0, 0.05) is 19.5 Å². The summed E-state index contributed by atoms with van der Waals surface area (Å²) in [5.41, 5.74) is 1.71. The molecule has 1 aromatic carbocycles. The zero-order valence-corrected chi connectivity index (χ0v) is 17.4. The summed E-state index contributed by atoms with van der Waals surface area (Å²) < 4.78 is 37.0. The number of ether oxygens (including phenoxy) is 2. The Balaban J connectivity index is 1.62. The smallest absolute Gasteiger partial charge is 0.208 e. The fourth-order valence-corrected chi connectivity index (χ4v) is 3.28. The number of nitrogens with one attached hydrogen (secondary N) is 2. The average Bonchev–Trinajstić information content (AvgIpc) is 3.09. The molecule has 2 N–H and O–H groups in total. The fraction of sp³-hybridized carbons (Fsp3) is 0.389. The van der Waals surface area contributed by atoms with Gasteiger partial charge >= 0.3 is 0 Å². The minimum Gasteiger partial charge on any atom is -0.493 e. The molecular weight excluding hydrogens is 396 g/mol. The maximum absolute atomic E-state index is 11.2. The Hall–Kier alpha value is -2.92. The molecule has 0 aliphatic heterocycles. The predicted molar refractivity (Wildman–Crippen MR) is 109 cm³/mol. The van der Waals surface area contributed by atoms with Crippen molar-refractivity contribution >= 4 is 21.5 Å². The van der Waals surface area contributed by atoms with Crippen LogP contribution in [0.25, 0.3) is 5.65 Å². The minimum atomic E-state index is -3.24. The number of anilines is 1. The second-order valence-electron chi connectivity index (χ2n) is 6.39. The molecule has 0 fully saturated rings. The van der Waals surface area contributed by atoms with E-state index < -0.39 is 10.0 Å². The van der Waals surface area contributed by atoms with Crippen LogP contribution in [-0.4, -0.2) is 61.8 Å². The highest BCUT2D eigenvalue weighted by Crippen LogP contribution is 2.27. The van der Waals surface area contributed by atoms with Crippen LogP contribution >= 0.6 is 0 Å². The van der Waals surface area contributed by atoms with Crippen LogP contribution in [0.3, 0.4) is 0 Å². The van der Waals surface area contributed by atoms with Gasteiger partial charge in [0.25, 0.3) is 0 Å². The van der Waals surface area contributed by atoms with E-state index in [2.05, 4.69) is 25.3 Å². The van der Waals surface area contributed by atoms with Crippen LogP contribution in [0, 0.1) is 0 Å². The van der Waals surface area contributed by atoms with E-state index in [4.69, 9.17) is 9.47 Å². The second kappa shape index (κ2) is 9.05.